The van der Waals surface area contributed by atoms with Gasteiger partial charge in [-0.2, -0.15) is 18.7 Å². The van der Waals surface area contributed by atoms with Gasteiger partial charge in [-0.15, -0.1) is 0 Å². The van der Waals surface area contributed by atoms with Crippen LogP contribution in [0.3, 0.4) is 0 Å². The molecule has 7 heteroatoms. The number of aromatic nitrogens is 2. The van der Waals surface area contributed by atoms with Gasteiger partial charge in [-0.3, -0.25) is 4.84 Å². The average molecular weight is 235 g/mol. The first-order valence-electron chi connectivity index (χ1n) is 4.98. The highest BCUT2D eigenvalue weighted by Gasteiger charge is 2.28. The van der Waals surface area contributed by atoms with E-state index in [0.29, 0.717) is 6.04 Å². The summed E-state index contributed by atoms with van der Waals surface area (Å²) in [5.74, 6) is 0. The molecule has 1 heterocycles. The lowest BCUT2D eigenvalue weighted by Gasteiger charge is -2.09. The van der Waals surface area contributed by atoms with Gasteiger partial charge in [0.25, 0.3) is 0 Å². The van der Waals surface area contributed by atoms with E-state index in [-0.39, 0.29) is 6.54 Å². The molecule has 16 heavy (non-hydrogen) atoms. The minimum atomic E-state index is -4.30. The van der Waals surface area contributed by atoms with E-state index in [1.165, 1.54) is 0 Å². The summed E-state index contributed by atoms with van der Waals surface area (Å²) in [6, 6.07) is 0.460. The Morgan fingerprint density at radius 1 is 1.50 bits per heavy atom. The SMILES string of the molecule is FC(F)(F)CONCc1cncn1C1CC1. The van der Waals surface area contributed by atoms with Crippen LogP contribution in [0.25, 0.3) is 0 Å². The molecule has 1 aliphatic rings. The van der Waals surface area contributed by atoms with Crippen LogP contribution < -0.4 is 5.48 Å². The molecule has 1 fully saturated rings. The fourth-order valence-corrected chi connectivity index (χ4v) is 1.41. The Hall–Kier alpha value is -1.08. The smallest absolute Gasteiger partial charge is 0.330 e. The second kappa shape index (κ2) is 4.42. The van der Waals surface area contributed by atoms with Crippen LogP contribution in [0.1, 0.15) is 24.6 Å². The molecular weight excluding hydrogens is 223 g/mol. The van der Waals surface area contributed by atoms with E-state index in [1.54, 1.807) is 12.5 Å². The molecule has 0 atom stereocenters. The maximum absolute atomic E-state index is 11.8. The summed E-state index contributed by atoms with van der Waals surface area (Å²) in [5, 5.41) is 0. The molecule has 0 saturated heterocycles. The summed E-state index contributed by atoms with van der Waals surface area (Å²) >= 11 is 0. The molecule has 0 bridgehead atoms. The van der Waals surface area contributed by atoms with Crippen LogP contribution in [-0.2, 0) is 11.4 Å². The third-order valence-corrected chi connectivity index (χ3v) is 2.28. The lowest BCUT2D eigenvalue weighted by atomic mass is 10.4. The Balaban J connectivity index is 1.74. The maximum atomic E-state index is 11.8. The number of alkyl halides is 3. The molecule has 1 aliphatic carbocycles. The molecule has 0 aromatic carbocycles. The number of rotatable bonds is 5. The van der Waals surface area contributed by atoms with Crippen LogP contribution in [-0.4, -0.2) is 22.3 Å². The third kappa shape index (κ3) is 3.21. The van der Waals surface area contributed by atoms with E-state index >= 15 is 0 Å². The predicted octanol–water partition coefficient (Wildman–Crippen LogP) is 1.80. The quantitative estimate of drug-likeness (QED) is 0.624. The van der Waals surface area contributed by atoms with E-state index in [1.807, 2.05) is 4.57 Å². The zero-order chi connectivity index (χ0) is 11.6. The lowest BCUT2D eigenvalue weighted by molar-refractivity contribution is -0.190. The van der Waals surface area contributed by atoms with E-state index < -0.39 is 12.8 Å². The van der Waals surface area contributed by atoms with Gasteiger partial charge < -0.3 is 4.57 Å². The Morgan fingerprint density at radius 3 is 2.88 bits per heavy atom. The Morgan fingerprint density at radius 2 is 2.25 bits per heavy atom. The van der Waals surface area contributed by atoms with Crippen LogP contribution in [0.5, 0.6) is 0 Å². The average Bonchev–Trinajstić information content (AvgIpc) is 2.92. The molecule has 1 aromatic rings. The zero-order valence-electron chi connectivity index (χ0n) is 8.50. The molecule has 1 saturated carbocycles. The molecule has 90 valence electrons. The Bertz CT molecular complexity index is 346. The number of hydrogen-bond acceptors (Lipinski definition) is 3. The molecule has 0 aliphatic heterocycles. The van der Waals surface area contributed by atoms with Crippen molar-refractivity contribution in [2.24, 2.45) is 0 Å². The second-order valence-electron chi connectivity index (χ2n) is 3.75. The van der Waals surface area contributed by atoms with Gasteiger partial charge in [-0.1, -0.05) is 0 Å². The molecule has 0 amide bonds. The number of nitrogens with zero attached hydrogens (tertiary/aromatic N) is 2. The Kier molecular flexibility index (Phi) is 3.15. The second-order valence-corrected chi connectivity index (χ2v) is 3.75. The first kappa shape index (κ1) is 11.4. The molecule has 1 N–H and O–H groups in total. The summed E-state index contributed by atoms with van der Waals surface area (Å²) < 4.78 is 37.2. The molecule has 2 rings (SSSR count). The van der Waals surface area contributed by atoms with Gasteiger partial charge in [-0.25, -0.2) is 4.98 Å². The van der Waals surface area contributed by atoms with Crippen LogP contribution in [0, 0.1) is 0 Å². The van der Waals surface area contributed by atoms with Crippen molar-refractivity contribution in [1.29, 1.82) is 0 Å². The summed E-state index contributed by atoms with van der Waals surface area (Å²) in [6.07, 6.45) is 1.23. The van der Waals surface area contributed by atoms with E-state index in [0.717, 1.165) is 18.5 Å². The molecule has 4 nitrogen and oxygen atoms in total. The molecule has 0 unspecified atom stereocenters. The van der Waals surface area contributed by atoms with Crippen LogP contribution in [0.15, 0.2) is 12.5 Å². The van der Waals surface area contributed by atoms with Gasteiger partial charge in [-0.05, 0) is 12.8 Å². The van der Waals surface area contributed by atoms with Gasteiger partial charge in [0.15, 0.2) is 6.61 Å². The summed E-state index contributed by atoms with van der Waals surface area (Å²) in [7, 11) is 0. The number of halogens is 3. The van der Waals surface area contributed by atoms with E-state index in [4.69, 9.17) is 0 Å². The van der Waals surface area contributed by atoms with Crippen molar-refractivity contribution >= 4 is 0 Å². The van der Waals surface area contributed by atoms with Gasteiger partial charge in [0.05, 0.1) is 18.6 Å². The highest BCUT2D eigenvalue weighted by molar-refractivity contribution is 5.02. The molecule has 0 spiro atoms. The zero-order valence-corrected chi connectivity index (χ0v) is 8.50. The fraction of sp³-hybridized carbons (Fsp3) is 0.667. The van der Waals surface area contributed by atoms with Crippen molar-refractivity contribution in [1.82, 2.24) is 15.0 Å². The standard InChI is InChI=1S/C9H12F3N3O/c10-9(11,12)5-16-14-4-8-3-13-6-15(8)7-1-2-7/h3,6-7,14H,1-2,4-5H2. The van der Waals surface area contributed by atoms with Crippen molar-refractivity contribution in [3.63, 3.8) is 0 Å². The summed E-state index contributed by atoms with van der Waals surface area (Å²) in [4.78, 5) is 8.27. The summed E-state index contributed by atoms with van der Waals surface area (Å²) in [5.41, 5.74) is 3.12. The van der Waals surface area contributed by atoms with Crippen LogP contribution in [0.2, 0.25) is 0 Å². The number of hydrogen-bond donors (Lipinski definition) is 1. The number of nitrogens with one attached hydrogen (secondary N) is 1. The van der Waals surface area contributed by atoms with Crippen molar-refractivity contribution in [2.75, 3.05) is 6.61 Å². The summed E-state index contributed by atoms with van der Waals surface area (Å²) in [6.45, 7) is -1.06. The lowest BCUT2D eigenvalue weighted by Crippen LogP contribution is -2.25. The highest BCUT2D eigenvalue weighted by atomic mass is 19.4. The first-order valence-corrected chi connectivity index (χ1v) is 4.98. The highest BCUT2D eigenvalue weighted by Crippen LogP contribution is 2.35. The monoisotopic (exact) mass is 235 g/mol. The molecular formula is C9H12F3N3O. The normalized spacial score (nSPS) is 16.7. The van der Waals surface area contributed by atoms with Gasteiger partial charge in [0, 0.05) is 12.2 Å². The van der Waals surface area contributed by atoms with Gasteiger partial charge in [0.2, 0.25) is 0 Å². The Labute approximate surface area is 90.4 Å². The van der Waals surface area contributed by atoms with E-state index in [2.05, 4.69) is 15.3 Å². The maximum Gasteiger partial charge on any atom is 0.413 e. The van der Waals surface area contributed by atoms with Crippen molar-refractivity contribution in [2.45, 2.75) is 31.6 Å². The van der Waals surface area contributed by atoms with Crippen molar-refractivity contribution in [3.8, 4) is 0 Å². The van der Waals surface area contributed by atoms with Crippen LogP contribution in [0.4, 0.5) is 13.2 Å². The number of imidazole rings is 1. The van der Waals surface area contributed by atoms with Gasteiger partial charge in [0.1, 0.15) is 0 Å². The molecule has 0 radical (unpaired) electrons. The van der Waals surface area contributed by atoms with Crippen molar-refractivity contribution in [3.05, 3.63) is 18.2 Å². The minimum absolute atomic E-state index is 0.229. The van der Waals surface area contributed by atoms with Crippen LogP contribution >= 0.6 is 0 Å². The topological polar surface area (TPSA) is 39.1 Å². The first-order chi connectivity index (χ1) is 7.56. The van der Waals surface area contributed by atoms with Crippen molar-refractivity contribution < 1.29 is 18.0 Å². The fourth-order valence-electron chi connectivity index (χ4n) is 1.41. The third-order valence-electron chi connectivity index (χ3n) is 2.28. The predicted molar refractivity (Wildman–Crippen MR) is 49.3 cm³/mol. The minimum Gasteiger partial charge on any atom is -0.330 e. The largest absolute Gasteiger partial charge is 0.413 e. The van der Waals surface area contributed by atoms with E-state index in [9.17, 15) is 13.2 Å². The molecule has 1 aromatic heterocycles. The number of hydroxylamine groups is 1. The van der Waals surface area contributed by atoms with Gasteiger partial charge >= 0.3 is 6.18 Å².